The van der Waals surface area contributed by atoms with Crippen LogP contribution in [0.15, 0.2) is 47.9 Å². The topological polar surface area (TPSA) is 59.8 Å². The van der Waals surface area contributed by atoms with Crippen molar-refractivity contribution in [2.45, 2.75) is 51.6 Å². The summed E-state index contributed by atoms with van der Waals surface area (Å²) in [5, 5.41) is 4.09. The highest BCUT2D eigenvalue weighted by atomic mass is 19.3. The van der Waals surface area contributed by atoms with Crippen LogP contribution in [0.1, 0.15) is 48.3 Å². The van der Waals surface area contributed by atoms with Crippen LogP contribution in [0.5, 0.6) is 0 Å². The number of rotatable bonds is 6. The predicted molar refractivity (Wildman–Crippen MR) is 114 cm³/mol. The van der Waals surface area contributed by atoms with Gasteiger partial charge in [-0.2, -0.15) is 0 Å². The number of nitrogens with one attached hydrogen (secondary N) is 1. The maximum Gasteiger partial charge on any atom is 0.273 e. The second kappa shape index (κ2) is 7.63. The van der Waals surface area contributed by atoms with Crippen LogP contribution in [0.4, 0.5) is 14.6 Å². The lowest BCUT2D eigenvalue weighted by atomic mass is 9.97. The van der Waals surface area contributed by atoms with Crippen molar-refractivity contribution in [3.05, 3.63) is 76.0 Å². The molecule has 0 saturated heterocycles. The number of halogens is 2. The van der Waals surface area contributed by atoms with Crippen LogP contribution in [-0.4, -0.2) is 14.5 Å². The van der Waals surface area contributed by atoms with E-state index < -0.39 is 5.92 Å². The van der Waals surface area contributed by atoms with Crippen LogP contribution in [-0.2, 0) is 18.9 Å². The lowest BCUT2D eigenvalue weighted by molar-refractivity contribution is -0.00184. The normalized spacial score (nSPS) is 15.7. The zero-order valence-corrected chi connectivity index (χ0v) is 17.1. The van der Waals surface area contributed by atoms with Crippen LogP contribution >= 0.6 is 0 Å². The maximum absolute atomic E-state index is 14.2. The molecule has 2 heterocycles. The van der Waals surface area contributed by atoms with Crippen LogP contribution < -0.4 is 10.9 Å². The molecule has 30 heavy (non-hydrogen) atoms. The molecular formula is C23H24F2N4O. The Hall–Kier alpha value is -3.09. The largest absolute Gasteiger partial charge is 0.363 e. The molecule has 5 nitrogen and oxygen atoms in total. The summed E-state index contributed by atoms with van der Waals surface area (Å²) in [5.41, 5.74) is 2.09. The van der Waals surface area contributed by atoms with Crippen molar-refractivity contribution in [1.82, 2.24) is 14.5 Å². The van der Waals surface area contributed by atoms with E-state index in [9.17, 15) is 13.6 Å². The van der Waals surface area contributed by atoms with Gasteiger partial charge in [-0.3, -0.25) is 4.79 Å². The number of benzene rings is 1. The molecule has 0 saturated carbocycles. The van der Waals surface area contributed by atoms with E-state index in [1.54, 1.807) is 29.8 Å². The van der Waals surface area contributed by atoms with Gasteiger partial charge in [-0.05, 0) is 37.8 Å². The fourth-order valence-electron chi connectivity index (χ4n) is 4.11. The van der Waals surface area contributed by atoms with Gasteiger partial charge >= 0.3 is 0 Å². The first-order valence-corrected chi connectivity index (χ1v) is 10.1. The fourth-order valence-corrected chi connectivity index (χ4v) is 4.11. The first kappa shape index (κ1) is 20.2. The van der Waals surface area contributed by atoms with Crippen molar-refractivity contribution in [2.75, 3.05) is 5.32 Å². The van der Waals surface area contributed by atoms with Gasteiger partial charge in [-0.1, -0.05) is 24.3 Å². The van der Waals surface area contributed by atoms with Gasteiger partial charge in [0.2, 0.25) is 0 Å². The zero-order valence-electron chi connectivity index (χ0n) is 17.1. The summed E-state index contributed by atoms with van der Waals surface area (Å²) in [5.74, 6) is -1.66. The third-order valence-corrected chi connectivity index (χ3v) is 5.60. The van der Waals surface area contributed by atoms with E-state index in [1.165, 1.54) is 12.1 Å². The Labute approximate surface area is 173 Å². The maximum atomic E-state index is 14.2. The molecule has 1 N–H and O–H groups in total. The molecule has 4 rings (SSSR count). The first-order chi connectivity index (χ1) is 14.3. The Morgan fingerprint density at radius 1 is 1.37 bits per heavy atom. The van der Waals surface area contributed by atoms with Crippen molar-refractivity contribution >= 4 is 16.7 Å². The van der Waals surface area contributed by atoms with E-state index in [2.05, 4.69) is 21.9 Å². The van der Waals surface area contributed by atoms with Crippen molar-refractivity contribution < 1.29 is 8.78 Å². The first-order valence-electron chi connectivity index (χ1n) is 10.1. The summed E-state index contributed by atoms with van der Waals surface area (Å²) in [7, 11) is 0. The molecule has 156 valence electrons. The Kier molecular flexibility index (Phi) is 5.13. The summed E-state index contributed by atoms with van der Waals surface area (Å²) in [6.45, 7) is 7.92. The molecule has 0 aliphatic heterocycles. The van der Waals surface area contributed by atoms with Crippen molar-refractivity contribution in [3.63, 3.8) is 0 Å². The monoisotopic (exact) mass is 410 g/mol. The van der Waals surface area contributed by atoms with Gasteiger partial charge in [-0.15, -0.1) is 6.58 Å². The molecule has 0 fully saturated rings. The lowest BCUT2D eigenvalue weighted by Crippen LogP contribution is -2.19. The van der Waals surface area contributed by atoms with Gasteiger partial charge in [-0.25, -0.2) is 18.7 Å². The molecule has 1 aliphatic rings. The van der Waals surface area contributed by atoms with E-state index in [0.29, 0.717) is 47.5 Å². The second-order valence-corrected chi connectivity index (χ2v) is 7.74. The average Bonchev–Trinajstić information content (AvgIpc) is 3.01. The molecule has 7 heteroatoms. The Morgan fingerprint density at radius 3 is 2.93 bits per heavy atom. The van der Waals surface area contributed by atoms with Crippen molar-refractivity contribution in [2.24, 2.45) is 0 Å². The number of fused-ring (bicyclic) bond motifs is 2. The van der Waals surface area contributed by atoms with Crippen LogP contribution in [0.25, 0.3) is 10.9 Å². The van der Waals surface area contributed by atoms with Crippen LogP contribution in [0, 0.1) is 6.92 Å². The van der Waals surface area contributed by atoms with Gasteiger partial charge in [0.1, 0.15) is 11.6 Å². The van der Waals surface area contributed by atoms with Gasteiger partial charge in [0.25, 0.3) is 11.5 Å². The minimum Gasteiger partial charge on any atom is -0.363 e. The molecule has 1 aromatic carbocycles. The SMILES string of the molecule is C=CCCn1cc2c(N[C@H](C)c3cccc4c3CCC4(F)F)nc(C)nc2cc1=O. The predicted octanol–water partition coefficient (Wildman–Crippen LogP) is 4.89. The van der Waals surface area contributed by atoms with E-state index >= 15 is 0 Å². The Morgan fingerprint density at radius 2 is 2.17 bits per heavy atom. The molecule has 1 aliphatic carbocycles. The number of allylic oxidation sites excluding steroid dienone is 1. The van der Waals surface area contributed by atoms with Crippen molar-refractivity contribution in [1.29, 1.82) is 0 Å². The molecule has 0 amide bonds. The zero-order chi connectivity index (χ0) is 21.5. The molecule has 3 aromatic rings. The number of hydrogen-bond acceptors (Lipinski definition) is 4. The van der Waals surface area contributed by atoms with E-state index in [-0.39, 0.29) is 23.6 Å². The average molecular weight is 410 g/mol. The summed E-state index contributed by atoms with van der Waals surface area (Å²) in [6.07, 6.45) is 4.38. The standard InChI is InChI=1S/C23H24F2N4O/c1-4-5-11-29-13-18-20(12-21(29)30)27-15(3)28-22(18)26-14(2)16-7-6-8-19-17(16)9-10-23(19,24)25/h4,6-8,12-14H,1,5,9-11H2,2-3H3,(H,26,27,28)/t14-/m1/s1. The number of nitrogens with zero attached hydrogens (tertiary/aromatic N) is 3. The molecule has 1 atom stereocenters. The number of pyridine rings is 1. The molecular weight excluding hydrogens is 386 g/mol. The highest BCUT2D eigenvalue weighted by Gasteiger charge is 2.40. The molecule has 0 radical (unpaired) electrons. The van der Waals surface area contributed by atoms with Crippen molar-refractivity contribution in [3.8, 4) is 0 Å². The van der Waals surface area contributed by atoms with Gasteiger partial charge in [0.05, 0.1) is 16.9 Å². The minimum atomic E-state index is -2.77. The van der Waals surface area contributed by atoms with E-state index in [4.69, 9.17) is 0 Å². The fraction of sp³-hybridized carbons (Fsp3) is 0.348. The van der Waals surface area contributed by atoms with Crippen LogP contribution in [0.2, 0.25) is 0 Å². The summed E-state index contributed by atoms with van der Waals surface area (Å²) in [6, 6.07) is 6.35. The number of hydrogen-bond donors (Lipinski definition) is 1. The number of anilines is 1. The molecule has 0 spiro atoms. The third-order valence-electron chi connectivity index (χ3n) is 5.60. The third kappa shape index (κ3) is 3.60. The minimum absolute atomic E-state index is 0.121. The highest BCUT2D eigenvalue weighted by molar-refractivity contribution is 5.88. The lowest BCUT2D eigenvalue weighted by Gasteiger charge is -2.20. The van der Waals surface area contributed by atoms with Gasteiger partial charge in [0, 0.05) is 30.8 Å². The van der Waals surface area contributed by atoms with Gasteiger partial charge in [0.15, 0.2) is 0 Å². The molecule has 0 bridgehead atoms. The Balaban J connectivity index is 1.74. The number of aryl methyl sites for hydroxylation is 2. The number of alkyl halides is 2. The van der Waals surface area contributed by atoms with Gasteiger partial charge < -0.3 is 9.88 Å². The van der Waals surface area contributed by atoms with E-state index in [1.807, 2.05) is 13.0 Å². The number of aromatic nitrogens is 3. The summed E-state index contributed by atoms with van der Waals surface area (Å²) >= 11 is 0. The summed E-state index contributed by atoms with van der Waals surface area (Å²) < 4.78 is 30.0. The smallest absolute Gasteiger partial charge is 0.273 e. The Bertz CT molecular complexity index is 1190. The van der Waals surface area contributed by atoms with E-state index in [0.717, 1.165) is 5.56 Å². The van der Waals surface area contributed by atoms with Crippen LogP contribution in [0.3, 0.4) is 0 Å². The molecule has 2 aromatic heterocycles. The quantitative estimate of drug-likeness (QED) is 0.588. The second-order valence-electron chi connectivity index (χ2n) is 7.74. The highest BCUT2D eigenvalue weighted by Crippen LogP contribution is 2.44. The summed E-state index contributed by atoms with van der Waals surface area (Å²) in [4.78, 5) is 21.3. The molecule has 0 unspecified atom stereocenters.